The van der Waals surface area contributed by atoms with Gasteiger partial charge in [0.15, 0.2) is 5.65 Å². The topological polar surface area (TPSA) is 111 Å². The van der Waals surface area contributed by atoms with Crippen molar-refractivity contribution in [2.24, 2.45) is 0 Å². The van der Waals surface area contributed by atoms with E-state index in [4.69, 9.17) is 9.47 Å². The lowest BCUT2D eigenvalue weighted by Gasteiger charge is -2.16. The van der Waals surface area contributed by atoms with Gasteiger partial charge in [-0.05, 0) is 32.0 Å². The number of carbonyl (C=O) groups is 1. The van der Waals surface area contributed by atoms with Crippen molar-refractivity contribution in [3.63, 3.8) is 0 Å². The third-order valence-electron chi connectivity index (χ3n) is 3.77. The second kappa shape index (κ2) is 7.20. The van der Waals surface area contributed by atoms with Crippen molar-refractivity contribution in [2.45, 2.75) is 19.4 Å². The molecule has 0 aliphatic carbocycles. The normalized spacial score (nSPS) is 11.4. The monoisotopic (exact) mass is 371 g/mol. The molecule has 0 aromatic carbocycles. The van der Waals surface area contributed by atoms with Gasteiger partial charge in [0.2, 0.25) is 5.88 Å². The molecular formula is C18H21N5O4. The fraction of sp³-hybridized carbons (Fsp3) is 0.333. The highest BCUT2D eigenvalue weighted by atomic mass is 16.5. The van der Waals surface area contributed by atoms with E-state index in [1.54, 1.807) is 49.0 Å². The molecule has 0 amide bonds. The average Bonchev–Trinajstić information content (AvgIpc) is 3.07. The van der Waals surface area contributed by atoms with Gasteiger partial charge in [0.1, 0.15) is 11.4 Å². The molecule has 27 heavy (non-hydrogen) atoms. The second-order valence-corrected chi connectivity index (χ2v) is 6.59. The number of ether oxygens (including phenoxy) is 2. The van der Waals surface area contributed by atoms with Crippen LogP contribution in [-0.2, 0) is 4.74 Å². The number of fused-ring (bicyclic) bond motifs is 1. The van der Waals surface area contributed by atoms with E-state index in [1.807, 2.05) is 0 Å². The number of aliphatic hydroxyl groups is 1. The minimum Gasteiger partial charge on any atom is -0.480 e. The molecule has 9 heteroatoms. The Morgan fingerprint density at radius 3 is 2.78 bits per heavy atom. The van der Waals surface area contributed by atoms with Gasteiger partial charge < -0.3 is 19.9 Å². The fourth-order valence-corrected chi connectivity index (χ4v) is 2.44. The SMILES string of the molecule is COC(=O)c1cc(-c2ccc3nc(NCC(C)(C)O)cn3n2)cnc1OC. The lowest BCUT2D eigenvalue weighted by molar-refractivity contribution is 0.0596. The number of nitrogens with one attached hydrogen (secondary N) is 1. The van der Waals surface area contributed by atoms with Crippen LogP contribution in [0, 0.1) is 0 Å². The van der Waals surface area contributed by atoms with Crippen LogP contribution in [-0.4, -0.2) is 57.0 Å². The third-order valence-corrected chi connectivity index (χ3v) is 3.77. The fourth-order valence-electron chi connectivity index (χ4n) is 2.44. The van der Waals surface area contributed by atoms with Gasteiger partial charge in [-0.25, -0.2) is 19.3 Å². The molecule has 0 atom stereocenters. The number of hydrogen-bond acceptors (Lipinski definition) is 8. The number of rotatable bonds is 6. The lowest BCUT2D eigenvalue weighted by atomic mass is 10.1. The van der Waals surface area contributed by atoms with E-state index in [0.717, 1.165) is 0 Å². The van der Waals surface area contributed by atoms with Crippen molar-refractivity contribution in [1.82, 2.24) is 19.6 Å². The maximum Gasteiger partial charge on any atom is 0.343 e. The van der Waals surface area contributed by atoms with E-state index in [9.17, 15) is 9.90 Å². The molecule has 0 radical (unpaired) electrons. The van der Waals surface area contributed by atoms with Crippen molar-refractivity contribution in [3.8, 4) is 17.1 Å². The number of hydrogen-bond donors (Lipinski definition) is 2. The van der Waals surface area contributed by atoms with Gasteiger partial charge in [-0.15, -0.1) is 0 Å². The Labute approximate surface area is 156 Å². The number of esters is 1. The summed E-state index contributed by atoms with van der Waals surface area (Å²) in [4.78, 5) is 20.5. The molecule has 3 aromatic heterocycles. The molecular weight excluding hydrogens is 350 g/mol. The van der Waals surface area contributed by atoms with Crippen LogP contribution in [0.5, 0.6) is 5.88 Å². The summed E-state index contributed by atoms with van der Waals surface area (Å²) >= 11 is 0. The summed E-state index contributed by atoms with van der Waals surface area (Å²) in [5, 5.41) is 17.4. The number of methoxy groups -OCH3 is 2. The summed E-state index contributed by atoms with van der Waals surface area (Å²) in [5.41, 5.74) is 1.25. The summed E-state index contributed by atoms with van der Waals surface area (Å²) in [6.07, 6.45) is 3.30. The molecule has 9 nitrogen and oxygen atoms in total. The highest BCUT2D eigenvalue weighted by Gasteiger charge is 2.17. The van der Waals surface area contributed by atoms with E-state index in [1.165, 1.54) is 14.2 Å². The standard InChI is InChI=1S/C18H21N5O4/c1-18(2,25)10-20-14-9-23-15(21-14)6-5-13(22-23)11-7-12(17(24)27-4)16(26-3)19-8-11/h5-9,20,25H,10H2,1-4H3. The summed E-state index contributed by atoms with van der Waals surface area (Å²) in [6, 6.07) is 5.21. The Balaban J connectivity index is 1.94. The van der Waals surface area contributed by atoms with Gasteiger partial charge in [-0.1, -0.05) is 0 Å². The molecule has 2 N–H and O–H groups in total. The summed E-state index contributed by atoms with van der Waals surface area (Å²) in [6.45, 7) is 3.78. The highest BCUT2D eigenvalue weighted by molar-refractivity contribution is 5.93. The Morgan fingerprint density at radius 2 is 2.11 bits per heavy atom. The highest BCUT2D eigenvalue weighted by Crippen LogP contribution is 2.24. The van der Waals surface area contributed by atoms with Crippen molar-refractivity contribution >= 4 is 17.4 Å². The van der Waals surface area contributed by atoms with Crippen molar-refractivity contribution in [1.29, 1.82) is 0 Å². The van der Waals surface area contributed by atoms with Crippen molar-refractivity contribution in [3.05, 3.63) is 36.2 Å². The smallest absolute Gasteiger partial charge is 0.343 e. The summed E-state index contributed by atoms with van der Waals surface area (Å²) < 4.78 is 11.5. The average molecular weight is 371 g/mol. The van der Waals surface area contributed by atoms with E-state index in [-0.39, 0.29) is 11.4 Å². The summed E-state index contributed by atoms with van der Waals surface area (Å²) in [7, 11) is 2.73. The van der Waals surface area contributed by atoms with Crippen LogP contribution in [0.2, 0.25) is 0 Å². The summed E-state index contributed by atoms with van der Waals surface area (Å²) in [5.74, 6) is 0.250. The van der Waals surface area contributed by atoms with Crippen LogP contribution in [0.25, 0.3) is 16.9 Å². The van der Waals surface area contributed by atoms with Crippen molar-refractivity contribution < 1.29 is 19.4 Å². The number of pyridine rings is 1. The Morgan fingerprint density at radius 1 is 1.33 bits per heavy atom. The molecule has 3 aromatic rings. The van der Waals surface area contributed by atoms with Gasteiger partial charge in [0.25, 0.3) is 0 Å². The largest absolute Gasteiger partial charge is 0.480 e. The molecule has 0 aliphatic heterocycles. The number of anilines is 1. The van der Waals surface area contributed by atoms with Gasteiger partial charge in [0, 0.05) is 18.3 Å². The molecule has 0 unspecified atom stereocenters. The predicted octanol–water partition coefficient (Wildman–Crippen LogP) is 1.77. The van der Waals surface area contributed by atoms with Crippen LogP contribution in [0.3, 0.4) is 0 Å². The van der Waals surface area contributed by atoms with Crippen molar-refractivity contribution in [2.75, 3.05) is 26.1 Å². The molecule has 0 saturated carbocycles. The van der Waals surface area contributed by atoms with Crippen LogP contribution in [0.4, 0.5) is 5.82 Å². The van der Waals surface area contributed by atoms with E-state index < -0.39 is 11.6 Å². The molecule has 0 bridgehead atoms. The number of aromatic nitrogens is 4. The zero-order valence-corrected chi connectivity index (χ0v) is 15.6. The Hall–Kier alpha value is -3.20. The first-order chi connectivity index (χ1) is 12.8. The molecule has 0 aliphatic rings. The number of carbonyl (C=O) groups excluding carboxylic acids is 1. The molecule has 0 spiro atoms. The molecule has 0 saturated heterocycles. The molecule has 3 rings (SSSR count). The van der Waals surface area contributed by atoms with Crippen LogP contribution in [0.15, 0.2) is 30.6 Å². The third kappa shape index (κ3) is 4.14. The minimum absolute atomic E-state index is 0.187. The predicted molar refractivity (Wildman–Crippen MR) is 98.9 cm³/mol. The number of nitrogens with zero attached hydrogens (tertiary/aromatic N) is 4. The first-order valence-electron chi connectivity index (χ1n) is 8.26. The van der Waals surface area contributed by atoms with Gasteiger partial charge in [-0.2, -0.15) is 5.10 Å². The number of imidazole rings is 1. The van der Waals surface area contributed by atoms with Gasteiger partial charge >= 0.3 is 5.97 Å². The zero-order chi connectivity index (χ0) is 19.6. The maximum absolute atomic E-state index is 11.9. The first kappa shape index (κ1) is 18.6. The van der Waals surface area contributed by atoms with Crippen LogP contribution >= 0.6 is 0 Å². The Kier molecular flexibility index (Phi) is 4.95. The second-order valence-electron chi connectivity index (χ2n) is 6.59. The molecule has 142 valence electrons. The zero-order valence-electron chi connectivity index (χ0n) is 15.6. The van der Waals surface area contributed by atoms with E-state index in [2.05, 4.69) is 20.4 Å². The quantitative estimate of drug-likeness (QED) is 0.631. The van der Waals surface area contributed by atoms with E-state index >= 15 is 0 Å². The maximum atomic E-state index is 11.9. The minimum atomic E-state index is -0.854. The molecule has 0 fully saturated rings. The lowest BCUT2D eigenvalue weighted by Crippen LogP contribution is -2.29. The Bertz CT molecular complexity index is 978. The van der Waals surface area contributed by atoms with Gasteiger partial charge in [-0.3, -0.25) is 0 Å². The van der Waals surface area contributed by atoms with Crippen LogP contribution < -0.4 is 10.1 Å². The first-order valence-corrected chi connectivity index (χ1v) is 8.26. The molecule has 3 heterocycles. The van der Waals surface area contributed by atoms with Gasteiger partial charge in [0.05, 0.1) is 31.7 Å². The van der Waals surface area contributed by atoms with Crippen LogP contribution in [0.1, 0.15) is 24.2 Å². The van der Waals surface area contributed by atoms with E-state index in [0.29, 0.717) is 29.3 Å².